The van der Waals surface area contributed by atoms with E-state index in [-0.39, 0.29) is 22.9 Å². The molecule has 0 unspecified atom stereocenters. The Labute approximate surface area is 181 Å². The first kappa shape index (κ1) is 22.0. The summed E-state index contributed by atoms with van der Waals surface area (Å²) in [7, 11) is 0. The van der Waals surface area contributed by atoms with E-state index in [1.165, 1.54) is 35.0 Å². The zero-order chi connectivity index (χ0) is 23.4. The third kappa shape index (κ3) is 4.56. The predicted octanol–water partition coefficient (Wildman–Crippen LogP) is 2.75. The lowest BCUT2D eigenvalue weighted by Gasteiger charge is -2.06. The van der Waals surface area contributed by atoms with Crippen molar-refractivity contribution < 1.29 is 24.2 Å². The van der Waals surface area contributed by atoms with E-state index < -0.39 is 17.8 Å². The molecule has 164 valence electrons. The van der Waals surface area contributed by atoms with Crippen molar-refractivity contribution in [2.75, 3.05) is 11.5 Å². The van der Waals surface area contributed by atoms with Crippen molar-refractivity contribution in [1.82, 2.24) is 19.6 Å². The molecule has 0 amide bonds. The van der Waals surface area contributed by atoms with Crippen LogP contribution in [0.2, 0.25) is 0 Å². The first-order valence-corrected chi connectivity index (χ1v) is 9.17. The molecule has 0 atom stereocenters. The minimum Gasteiger partial charge on any atom is -0.476 e. The molecule has 0 aliphatic heterocycles. The van der Waals surface area contributed by atoms with Gasteiger partial charge in [0.05, 0.1) is 5.69 Å². The number of carbonyl (C=O) groups is 2. The molecule has 0 spiro atoms. The van der Waals surface area contributed by atoms with Gasteiger partial charge >= 0.3 is 11.9 Å². The number of rotatable bonds is 4. The van der Waals surface area contributed by atoms with Crippen LogP contribution in [0.1, 0.15) is 26.5 Å². The average molecular weight is 438 g/mol. The van der Waals surface area contributed by atoms with Gasteiger partial charge in [0.25, 0.3) is 0 Å². The smallest absolute Gasteiger partial charge is 0.356 e. The molecule has 2 aromatic heterocycles. The standard InChI is InChI=1S/C11H11N3O2.C10H8FN3O2/c1-7-4-2-3-5-9(7)14-10(12)6-8(13-14)11(15)16;11-6-3-1-2-4-8(6)14-9(12)5-7(13-14)10(15)16/h2-6H,12H2,1H3,(H,15,16);1-5H,12H2,(H,15,16). The summed E-state index contributed by atoms with van der Waals surface area (Å²) >= 11 is 0. The molecule has 0 saturated carbocycles. The van der Waals surface area contributed by atoms with Crippen LogP contribution < -0.4 is 11.5 Å². The Balaban J connectivity index is 0.000000181. The van der Waals surface area contributed by atoms with Crippen LogP contribution in [0.15, 0.2) is 60.7 Å². The summed E-state index contributed by atoms with van der Waals surface area (Å²) < 4.78 is 15.9. The van der Waals surface area contributed by atoms with E-state index in [4.69, 9.17) is 21.7 Å². The van der Waals surface area contributed by atoms with Gasteiger partial charge in [-0.1, -0.05) is 30.3 Å². The maximum Gasteiger partial charge on any atom is 0.356 e. The second-order valence-corrected chi connectivity index (χ2v) is 6.58. The summed E-state index contributed by atoms with van der Waals surface area (Å²) in [6, 6.07) is 15.9. The van der Waals surface area contributed by atoms with Gasteiger partial charge in [-0.15, -0.1) is 0 Å². The van der Waals surface area contributed by atoms with E-state index in [0.717, 1.165) is 15.9 Å². The number of hydrogen-bond donors (Lipinski definition) is 4. The number of nitrogen functional groups attached to an aromatic ring is 2. The van der Waals surface area contributed by atoms with Crippen LogP contribution in [0.3, 0.4) is 0 Å². The van der Waals surface area contributed by atoms with Crippen molar-refractivity contribution >= 4 is 23.6 Å². The summed E-state index contributed by atoms with van der Waals surface area (Å²) in [5.74, 6) is -2.43. The zero-order valence-electron chi connectivity index (χ0n) is 16.8. The van der Waals surface area contributed by atoms with Crippen molar-refractivity contribution in [3.05, 3.63) is 83.4 Å². The fraction of sp³-hybridized carbons (Fsp3) is 0.0476. The molecule has 0 radical (unpaired) electrons. The summed E-state index contributed by atoms with van der Waals surface area (Å²) in [6.45, 7) is 1.91. The Hall–Kier alpha value is -4.67. The van der Waals surface area contributed by atoms with E-state index >= 15 is 0 Å². The highest BCUT2D eigenvalue weighted by molar-refractivity contribution is 5.86. The fourth-order valence-corrected chi connectivity index (χ4v) is 2.81. The molecule has 0 fully saturated rings. The Morgan fingerprint density at radius 3 is 1.69 bits per heavy atom. The van der Waals surface area contributed by atoms with E-state index in [2.05, 4.69) is 10.2 Å². The van der Waals surface area contributed by atoms with Crippen LogP contribution >= 0.6 is 0 Å². The molecule has 2 heterocycles. The topological polar surface area (TPSA) is 162 Å². The second-order valence-electron chi connectivity index (χ2n) is 6.58. The van der Waals surface area contributed by atoms with E-state index in [0.29, 0.717) is 5.82 Å². The first-order valence-electron chi connectivity index (χ1n) is 9.17. The molecule has 4 rings (SSSR count). The quantitative estimate of drug-likeness (QED) is 0.378. The molecule has 4 aromatic rings. The van der Waals surface area contributed by atoms with E-state index in [1.807, 2.05) is 31.2 Å². The van der Waals surface area contributed by atoms with Gasteiger partial charge in [0.2, 0.25) is 0 Å². The van der Waals surface area contributed by atoms with Crippen molar-refractivity contribution in [2.45, 2.75) is 6.92 Å². The molecule has 0 saturated heterocycles. The molecule has 0 aliphatic rings. The number of para-hydroxylation sites is 2. The van der Waals surface area contributed by atoms with Gasteiger partial charge in [-0.3, -0.25) is 0 Å². The third-order valence-electron chi connectivity index (χ3n) is 4.34. The highest BCUT2D eigenvalue weighted by Gasteiger charge is 2.14. The predicted molar refractivity (Wildman–Crippen MR) is 115 cm³/mol. The molecular formula is C21H19FN6O4. The zero-order valence-corrected chi connectivity index (χ0v) is 16.8. The van der Waals surface area contributed by atoms with Crippen LogP contribution in [0, 0.1) is 12.7 Å². The van der Waals surface area contributed by atoms with E-state index in [9.17, 15) is 14.0 Å². The lowest BCUT2D eigenvalue weighted by molar-refractivity contribution is 0.0679. The van der Waals surface area contributed by atoms with Gasteiger partial charge in [0.15, 0.2) is 11.4 Å². The Morgan fingerprint density at radius 2 is 1.25 bits per heavy atom. The molecule has 2 aromatic carbocycles. The third-order valence-corrected chi connectivity index (χ3v) is 4.34. The number of nitrogens with two attached hydrogens (primary N) is 2. The number of aromatic carboxylic acids is 2. The largest absolute Gasteiger partial charge is 0.476 e. The van der Waals surface area contributed by atoms with Crippen LogP contribution in [0.5, 0.6) is 0 Å². The Morgan fingerprint density at radius 1 is 0.812 bits per heavy atom. The highest BCUT2D eigenvalue weighted by Crippen LogP contribution is 2.18. The van der Waals surface area contributed by atoms with Crippen molar-refractivity contribution in [2.24, 2.45) is 0 Å². The van der Waals surface area contributed by atoms with Crippen LogP contribution in [-0.4, -0.2) is 41.7 Å². The number of aryl methyl sites for hydroxylation is 1. The number of carboxylic acids is 2. The van der Waals surface area contributed by atoms with Crippen molar-refractivity contribution in [3.8, 4) is 11.4 Å². The Kier molecular flexibility index (Phi) is 6.19. The number of carboxylic acid groups (broad SMARTS) is 2. The summed E-state index contributed by atoms with van der Waals surface area (Å²) in [6.07, 6.45) is 0. The molecule has 0 bridgehead atoms. The normalized spacial score (nSPS) is 10.3. The molecular weight excluding hydrogens is 419 g/mol. The number of aromatic nitrogens is 4. The number of benzene rings is 2. The summed E-state index contributed by atoms with van der Waals surface area (Å²) in [4.78, 5) is 21.4. The lowest BCUT2D eigenvalue weighted by Crippen LogP contribution is -2.05. The maximum atomic E-state index is 13.4. The molecule has 32 heavy (non-hydrogen) atoms. The minimum atomic E-state index is -1.21. The van der Waals surface area contributed by atoms with Gasteiger partial charge < -0.3 is 21.7 Å². The number of halogens is 1. The Bertz CT molecular complexity index is 1200. The summed E-state index contributed by atoms with van der Waals surface area (Å²) in [5.41, 5.74) is 12.9. The maximum absolute atomic E-state index is 13.4. The van der Waals surface area contributed by atoms with Gasteiger partial charge in [-0.2, -0.15) is 10.2 Å². The fourth-order valence-electron chi connectivity index (χ4n) is 2.81. The number of nitrogens with zero attached hydrogens (tertiary/aromatic N) is 4. The molecule has 11 heteroatoms. The average Bonchev–Trinajstić information content (AvgIpc) is 3.32. The van der Waals surface area contributed by atoms with Gasteiger partial charge in [0, 0.05) is 12.1 Å². The molecule has 0 aliphatic carbocycles. The van der Waals surface area contributed by atoms with E-state index in [1.54, 1.807) is 6.07 Å². The van der Waals surface area contributed by atoms with Crippen LogP contribution in [0.25, 0.3) is 11.4 Å². The van der Waals surface area contributed by atoms with Gasteiger partial charge in [0.1, 0.15) is 23.1 Å². The SMILES string of the molecule is Cc1ccccc1-n1nc(C(=O)O)cc1N.Nc1cc(C(=O)O)nn1-c1ccccc1F. The molecule has 10 nitrogen and oxygen atoms in total. The second kappa shape index (κ2) is 9.00. The van der Waals surface area contributed by atoms with Crippen molar-refractivity contribution in [1.29, 1.82) is 0 Å². The number of anilines is 2. The highest BCUT2D eigenvalue weighted by atomic mass is 19.1. The molecule has 6 N–H and O–H groups in total. The number of hydrogen-bond acceptors (Lipinski definition) is 6. The van der Waals surface area contributed by atoms with Crippen LogP contribution in [-0.2, 0) is 0 Å². The van der Waals surface area contributed by atoms with Gasteiger partial charge in [-0.05, 0) is 30.7 Å². The lowest BCUT2D eigenvalue weighted by atomic mass is 10.2. The van der Waals surface area contributed by atoms with Crippen molar-refractivity contribution in [3.63, 3.8) is 0 Å². The van der Waals surface area contributed by atoms with Gasteiger partial charge in [-0.25, -0.2) is 23.3 Å². The summed E-state index contributed by atoms with van der Waals surface area (Å²) in [5, 5.41) is 25.1. The monoisotopic (exact) mass is 438 g/mol. The first-order chi connectivity index (χ1) is 15.2. The van der Waals surface area contributed by atoms with Crippen LogP contribution in [0.4, 0.5) is 16.0 Å². The minimum absolute atomic E-state index is 0.0549.